The molecule has 3 aromatic rings. The highest BCUT2D eigenvalue weighted by Crippen LogP contribution is 2.47. The van der Waals surface area contributed by atoms with Crippen molar-refractivity contribution < 1.29 is 23.1 Å². The predicted octanol–water partition coefficient (Wildman–Crippen LogP) is 5.74. The van der Waals surface area contributed by atoms with Gasteiger partial charge in [0.1, 0.15) is 24.1 Å². The summed E-state index contributed by atoms with van der Waals surface area (Å²) >= 11 is 3.36. The third-order valence-electron chi connectivity index (χ3n) is 3.95. The Morgan fingerprint density at radius 2 is 1.53 bits per heavy atom. The lowest BCUT2D eigenvalue weighted by molar-refractivity contribution is -0.146. The van der Waals surface area contributed by atoms with Crippen LogP contribution in [0.25, 0.3) is 0 Å². The van der Waals surface area contributed by atoms with Crippen molar-refractivity contribution in [2.75, 3.05) is 0 Å². The molecule has 0 aliphatic carbocycles. The summed E-state index contributed by atoms with van der Waals surface area (Å²) in [6.07, 6.45) is 0. The van der Waals surface area contributed by atoms with Crippen LogP contribution in [0.1, 0.15) is 12.5 Å². The molecule has 156 valence electrons. The molecule has 0 aliphatic rings. The molecule has 0 heterocycles. The highest BCUT2D eigenvalue weighted by molar-refractivity contribution is 9.10. The van der Waals surface area contributed by atoms with Crippen molar-refractivity contribution in [3.05, 3.63) is 95.0 Å². The number of benzene rings is 3. The molecule has 30 heavy (non-hydrogen) atoms. The van der Waals surface area contributed by atoms with Gasteiger partial charge >= 0.3 is 13.7 Å². The summed E-state index contributed by atoms with van der Waals surface area (Å²) in [5, 5.41) is 2.67. The van der Waals surface area contributed by atoms with Gasteiger partial charge < -0.3 is 13.8 Å². The maximum atomic E-state index is 13.5. The predicted molar refractivity (Wildman–Crippen MR) is 118 cm³/mol. The summed E-state index contributed by atoms with van der Waals surface area (Å²) in [5.41, 5.74) is 0.853. The van der Waals surface area contributed by atoms with Crippen molar-refractivity contribution in [1.29, 1.82) is 0 Å². The first-order valence-electron chi connectivity index (χ1n) is 9.22. The highest BCUT2D eigenvalue weighted by atomic mass is 79.9. The van der Waals surface area contributed by atoms with Crippen LogP contribution in [-0.2, 0) is 20.7 Å². The van der Waals surface area contributed by atoms with E-state index in [-0.39, 0.29) is 6.61 Å². The van der Waals surface area contributed by atoms with Crippen molar-refractivity contribution in [1.82, 2.24) is 5.09 Å². The number of ether oxygens (including phenoxy) is 1. The van der Waals surface area contributed by atoms with Gasteiger partial charge in [0.05, 0.1) is 4.47 Å². The van der Waals surface area contributed by atoms with Gasteiger partial charge in [-0.15, -0.1) is 0 Å². The molecule has 8 heteroatoms. The average Bonchev–Trinajstić information content (AvgIpc) is 2.75. The molecule has 0 saturated carbocycles. The number of rotatable bonds is 9. The SMILES string of the molecule is C[C@H](NP(=O)(Oc1ccccc1)Oc1ccccc1Br)C(=O)OCc1ccccc1. The number of para-hydroxylation sites is 2. The van der Waals surface area contributed by atoms with E-state index >= 15 is 0 Å². The third-order valence-corrected chi connectivity index (χ3v) is 6.20. The summed E-state index contributed by atoms with van der Waals surface area (Å²) in [5.74, 6) is 0.0748. The summed E-state index contributed by atoms with van der Waals surface area (Å²) in [6, 6.07) is 23.9. The van der Waals surface area contributed by atoms with E-state index in [1.165, 1.54) is 6.92 Å². The van der Waals surface area contributed by atoms with Crippen LogP contribution in [-0.4, -0.2) is 12.0 Å². The van der Waals surface area contributed by atoms with E-state index in [1.807, 2.05) is 36.4 Å². The molecule has 0 bridgehead atoms. The quantitative estimate of drug-likeness (QED) is 0.305. The number of nitrogens with one attached hydrogen (secondary N) is 1. The minimum absolute atomic E-state index is 0.112. The molecule has 0 spiro atoms. The second-order valence-electron chi connectivity index (χ2n) is 6.37. The molecule has 1 N–H and O–H groups in total. The molecule has 0 amide bonds. The Morgan fingerprint density at radius 1 is 0.933 bits per heavy atom. The van der Waals surface area contributed by atoms with Gasteiger partial charge in [-0.3, -0.25) is 4.79 Å². The van der Waals surface area contributed by atoms with Crippen LogP contribution in [0.2, 0.25) is 0 Å². The zero-order valence-corrected chi connectivity index (χ0v) is 18.7. The molecule has 1 unspecified atom stereocenters. The number of carbonyl (C=O) groups excluding carboxylic acids is 1. The van der Waals surface area contributed by atoms with Crippen LogP contribution in [0.5, 0.6) is 11.5 Å². The fourth-order valence-corrected chi connectivity index (χ4v) is 4.51. The van der Waals surface area contributed by atoms with E-state index < -0.39 is 19.8 Å². The Hall–Kier alpha value is -2.60. The molecular formula is C22H21BrNO5P. The molecule has 0 aliphatic heterocycles. The van der Waals surface area contributed by atoms with Crippen molar-refractivity contribution >= 4 is 29.6 Å². The normalized spacial score (nSPS) is 13.7. The molecule has 0 saturated heterocycles. The molecule has 0 aromatic heterocycles. The van der Waals surface area contributed by atoms with Crippen molar-refractivity contribution in [2.45, 2.75) is 19.6 Å². The zero-order valence-electron chi connectivity index (χ0n) is 16.2. The first kappa shape index (κ1) is 22.1. The van der Waals surface area contributed by atoms with Crippen LogP contribution in [0.15, 0.2) is 89.4 Å². The van der Waals surface area contributed by atoms with Gasteiger partial charge in [0, 0.05) is 0 Å². The van der Waals surface area contributed by atoms with E-state index in [4.69, 9.17) is 13.8 Å². The van der Waals surface area contributed by atoms with E-state index in [1.54, 1.807) is 48.5 Å². The number of carbonyl (C=O) groups is 1. The van der Waals surface area contributed by atoms with Gasteiger partial charge in [0.15, 0.2) is 0 Å². The Morgan fingerprint density at radius 3 is 2.20 bits per heavy atom. The number of esters is 1. The lowest BCUT2D eigenvalue weighted by Crippen LogP contribution is -2.35. The number of hydrogen-bond acceptors (Lipinski definition) is 5. The fraction of sp³-hybridized carbons (Fsp3) is 0.136. The second-order valence-corrected chi connectivity index (χ2v) is 8.84. The summed E-state index contributed by atoms with van der Waals surface area (Å²) in [6.45, 7) is 1.65. The minimum atomic E-state index is -3.98. The largest absolute Gasteiger partial charge is 0.513 e. The monoisotopic (exact) mass is 489 g/mol. The summed E-state index contributed by atoms with van der Waals surface area (Å²) in [7, 11) is -3.98. The summed E-state index contributed by atoms with van der Waals surface area (Å²) < 4.78 is 30.8. The fourth-order valence-electron chi connectivity index (χ4n) is 2.48. The lowest BCUT2D eigenvalue weighted by atomic mass is 10.2. The maximum Gasteiger partial charge on any atom is 0.513 e. The van der Waals surface area contributed by atoms with E-state index in [2.05, 4.69) is 21.0 Å². The molecule has 3 aromatic carbocycles. The van der Waals surface area contributed by atoms with Crippen LogP contribution >= 0.6 is 23.7 Å². The molecule has 0 radical (unpaired) electrons. The van der Waals surface area contributed by atoms with E-state index in [9.17, 15) is 9.36 Å². The Kier molecular flexibility index (Phi) is 7.69. The zero-order chi connectivity index (χ0) is 21.4. The van der Waals surface area contributed by atoms with Crippen LogP contribution < -0.4 is 14.1 Å². The van der Waals surface area contributed by atoms with Gasteiger partial charge in [-0.1, -0.05) is 60.7 Å². The van der Waals surface area contributed by atoms with Crippen molar-refractivity contribution in [3.63, 3.8) is 0 Å². The first-order valence-corrected chi connectivity index (χ1v) is 11.6. The van der Waals surface area contributed by atoms with Gasteiger partial charge in [-0.25, -0.2) is 4.57 Å². The van der Waals surface area contributed by atoms with Gasteiger partial charge in [0.25, 0.3) is 0 Å². The second kappa shape index (κ2) is 10.4. The smallest absolute Gasteiger partial charge is 0.460 e. The Balaban J connectivity index is 1.73. The van der Waals surface area contributed by atoms with Gasteiger partial charge in [-0.2, -0.15) is 5.09 Å². The van der Waals surface area contributed by atoms with Gasteiger partial charge in [0.2, 0.25) is 0 Å². The van der Waals surface area contributed by atoms with E-state index in [0.29, 0.717) is 16.0 Å². The average molecular weight is 490 g/mol. The highest BCUT2D eigenvalue weighted by Gasteiger charge is 2.34. The molecule has 2 atom stereocenters. The molecule has 0 fully saturated rings. The van der Waals surface area contributed by atoms with Crippen LogP contribution in [0.4, 0.5) is 0 Å². The van der Waals surface area contributed by atoms with Crippen molar-refractivity contribution in [2.24, 2.45) is 0 Å². The number of halogens is 1. The topological polar surface area (TPSA) is 73.9 Å². The summed E-state index contributed by atoms with van der Waals surface area (Å²) in [4.78, 5) is 12.4. The molecule has 3 rings (SSSR count). The lowest BCUT2D eigenvalue weighted by Gasteiger charge is -2.23. The molecular weight excluding hydrogens is 469 g/mol. The van der Waals surface area contributed by atoms with Crippen LogP contribution in [0.3, 0.4) is 0 Å². The van der Waals surface area contributed by atoms with Gasteiger partial charge in [-0.05, 0) is 52.7 Å². The maximum absolute atomic E-state index is 13.5. The molecule has 6 nitrogen and oxygen atoms in total. The standard InChI is InChI=1S/C22H21BrNO5P/c1-17(22(25)27-16-18-10-4-2-5-11-18)24-30(26,28-19-12-6-3-7-13-19)29-21-15-9-8-14-20(21)23/h2-15,17H,16H2,1H3,(H,24,26)/t17-,30?/m0/s1. The minimum Gasteiger partial charge on any atom is -0.460 e. The Labute approximate surface area is 183 Å². The Bertz CT molecular complexity index is 1020. The van der Waals surface area contributed by atoms with Crippen LogP contribution in [0, 0.1) is 0 Å². The van der Waals surface area contributed by atoms with Crippen molar-refractivity contribution in [3.8, 4) is 11.5 Å². The number of hydrogen-bond donors (Lipinski definition) is 1. The first-order chi connectivity index (χ1) is 14.5. The van der Waals surface area contributed by atoms with E-state index in [0.717, 1.165) is 5.56 Å². The third kappa shape index (κ3) is 6.46.